The van der Waals surface area contributed by atoms with Crippen molar-refractivity contribution in [2.24, 2.45) is 0 Å². The zero-order valence-corrected chi connectivity index (χ0v) is 21.3. The van der Waals surface area contributed by atoms with Gasteiger partial charge in [-0.15, -0.1) is 0 Å². The number of hydrogen-bond acceptors (Lipinski definition) is 15. The van der Waals surface area contributed by atoms with E-state index < -0.39 is 101 Å². The summed E-state index contributed by atoms with van der Waals surface area (Å²) in [4.78, 5) is 13.6. The van der Waals surface area contributed by atoms with Crippen molar-refractivity contribution in [3.05, 3.63) is 40.6 Å². The fourth-order valence-electron chi connectivity index (χ4n) is 4.64. The molecule has 2 aliphatic rings. The SMILES string of the molecule is CC1O[C@@H](OC2C(O)[C@@H](O)CO[C@H]2Oc2c(-c3ccc(O)c(O)c3)oc3cc(O)cc(O)c3c2=O)[C@@H](O)C(O)[C@H]1O. The molecule has 15 heteroatoms. The Morgan fingerprint density at radius 3 is 2.27 bits per heavy atom. The molecular formula is C26H28O15. The largest absolute Gasteiger partial charge is 0.508 e. The number of phenolic OH excluding ortho intramolecular Hbond substituents is 4. The molecule has 0 spiro atoms. The predicted molar refractivity (Wildman–Crippen MR) is 134 cm³/mol. The lowest BCUT2D eigenvalue weighted by molar-refractivity contribution is -0.344. The van der Waals surface area contributed by atoms with Crippen LogP contribution in [0.2, 0.25) is 0 Å². The Labute approximate surface area is 230 Å². The smallest absolute Gasteiger partial charge is 0.239 e. The number of phenols is 4. The molecule has 0 saturated carbocycles. The Hall–Kier alpha value is -3.67. The topological polar surface area (TPSA) is 249 Å². The van der Waals surface area contributed by atoms with Crippen molar-refractivity contribution in [2.75, 3.05) is 6.61 Å². The van der Waals surface area contributed by atoms with Gasteiger partial charge in [0.15, 0.2) is 29.7 Å². The predicted octanol–water partition coefficient (Wildman–Crippen LogP) is -1.05. The quantitative estimate of drug-likeness (QED) is 0.163. The van der Waals surface area contributed by atoms with Gasteiger partial charge in [0.05, 0.1) is 12.7 Å². The van der Waals surface area contributed by atoms with Crippen molar-refractivity contribution in [1.82, 2.24) is 0 Å². The van der Waals surface area contributed by atoms with Gasteiger partial charge in [-0.3, -0.25) is 4.79 Å². The number of fused-ring (bicyclic) bond motifs is 1. The lowest BCUT2D eigenvalue weighted by Crippen LogP contribution is -2.62. The van der Waals surface area contributed by atoms with Crippen molar-refractivity contribution in [1.29, 1.82) is 0 Å². The third-order valence-electron chi connectivity index (χ3n) is 6.92. The van der Waals surface area contributed by atoms with Gasteiger partial charge in [-0.25, -0.2) is 0 Å². The zero-order valence-electron chi connectivity index (χ0n) is 21.3. The summed E-state index contributed by atoms with van der Waals surface area (Å²) < 4.78 is 28.2. The highest BCUT2D eigenvalue weighted by Crippen LogP contribution is 2.39. The first kappa shape index (κ1) is 28.8. The lowest BCUT2D eigenvalue weighted by Gasteiger charge is -2.43. The van der Waals surface area contributed by atoms with Crippen molar-refractivity contribution in [3.63, 3.8) is 0 Å². The summed E-state index contributed by atoms with van der Waals surface area (Å²) in [7, 11) is 0. The van der Waals surface area contributed by atoms with Gasteiger partial charge in [0.2, 0.25) is 17.5 Å². The van der Waals surface area contributed by atoms with Crippen LogP contribution in [-0.2, 0) is 14.2 Å². The standard InChI is InChI=1S/C26H28O15/c1-8-17(32)20(35)21(36)25(38-8)41-24-18(33)14(31)7-37-26(24)40-23-19(34)16-13(30)5-10(27)6-15(16)39-22(23)9-2-3-11(28)12(29)4-9/h2-6,8,14,17-18,20-21,24-33,35-36H,7H2,1H3/t8?,14-,17-,18?,20?,21-,24?,25-,26-/m0/s1. The average molecular weight is 580 g/mol. The van der Waals surface area contributed by atoms with Crippen LogP contribution in [0.1, 0.15) is 6.92 Å². The zero-order chi connectivity index (χ0) is 29.7. The number of aliphatic hydroxyl groups is 5. The number of ether oxygens (including phenoxy) is 4. The Balaban J connectivity index is 1.59. The molecule has 1 aromatic heterocycles. The van der Waals surface area contributed by atoms with Crippen LogP contribution in [0.25, 0.3) is 22.3 Å². The third kappa shape index (κ3) is 5.25. The summed E-state index contributed by atoms with van der Waals surface area (Å²) in [6, 6.07) is 5.36. The van der Waals surface area contributed by atoms with E-state index in [-0.39, 0.29) is 16.9 Å². The molecule has 5 rings (SSSR count). The van der Waals surface area contributed by atoms with Gasteiger partial charge in [0.1, 0.15) is 53.0 Å². The van der Waals surface area contributed by atoms with Crippen molar-refractivity contribution < 1.29 is 69.3 Å². The lowest BCUT2D eigenvalue weighted by atomic mass is 9.99. The van der Waals surface area contributed by atoms with Crippen molar-refractivity contribution in [3.8, 4) is 40.1 Å². The second-order valence-corrected chi connectivity index (χ2v) is 9.79. The summed E-state index contributed by atoms with van der Waals surface area (Å²) in [6.45, 7) is 0.904. The number of benzene rings is 2. The Morgan fingerprint density at radius 1 is 0.829 bits per heavy atom. The van der Waals surface area contributed by atoms with Crippen LogP contribution in [-0.4, -0.2) is 108 Å². The first-order chi connectivity index (χ1) is 19.4. The van der Waals surface area contributed by atoms with Crippen LogP contribution in [0.5, 0.6) is 28.7 Å². The molecule has 0 bridgehead atoms. The highest BCUT2D eigenvalue weighted by Gasteiger charge is 2.48. The maximum Gasteiger partial charge on any atom is 0.239 e. The first-order valence-corrected chi connectivity index (χ1v) is 12.4. The number of rotatable bonds is 5. The molecule has 222 valence electrons. The third-order valence-corrected chi connectivity index (χ3v) is 6.92. The highest BCUT2D eigenvalue weighted by molar-refractivity contribution is 5.88. The highest BCUT2D eigenvalue weighted by atomic mass is 16.8. The number of aliphatic hydroxyl groups excluding tert-OH is 5. The number of aromatic hydroxyl groups is 4. The van der Waals surface area contributed by atoms with E-state index in [4.69, 9.17) is 23.4 Å². The fraction of sp³-hybridized carbons (Fsp3) is 0.423. The Bertz CT molecular complexity index is 1490. The normalized spacial score (nSPS) is 32.2. The molecule has 3 heterocycles. The molecule has 2 saturated heterocycles. The monoisotopic (exact) mass is 580 g/mol. The van der Waals surface area contributed by atoms with Gasteiger partial charge in [-0.2, -0.15) is 0 Å². The second-order valence-electron chi connectivity index (χ2n) is 9.79. The van der Waals surface area contributed by atoms with E-state index in [1.807, 2.05) is 0 Å². The minimum atomic E-state index is -1.79. The second kappa shape index (κ2) is 11.0. The maximum atomic E-state index is 13.6. The summed E-state index contributed by atoms with van der Waals surface area (Å²) in [5.41, 5.74) is -1.24. The first-order valence-electron chi connectivity index (χ1n) is 12.4. The van der Waals surface area contributed by atoms with Gasteiger partial charge in [0, 0.05) is 17.7 Å². The molecule has 2 fully saturated rings. The Kier molecular flexibility index (Phi) is 7.71. The van der Waals surface area contributed by atoms with Gasteiger partial charge >= 0.3 is 0 Å². The van der Waals surface area contributed by atoms with E-state index in [0.717, 1.165) is 24.3 Å². The fourth-order valence-corrected chi connectivity index (χ4v) is 4.64. The van der Waals surface area contributed by atoms with Crippen LogP contribution in [0.4, 0.5) is 0 Å². The van der Waals surface area contributed by atoms with Crippen LogP contribution in [0.3, 0.4) is 0 Å². The Morgan fingerprint density at radius 2 is 1.56 bits per heavy atom. The van der Waals surface area contributed by atoms with Gasteiger partial charge < -0.3 is 69.3 Å². The molecule has 2 aliphatic heterocycles. The van der Waals surface area contributed by atoms with Crippen LogP contribution in [0.15, 0.2) is 39.5 Å². The van der Waals surface area contributed by atoms with Crippen molar-refractivity contribution in [2.45, 2.75) is 62.2 Å². The van der Waals surface area contributed by atoms with E-state index in [2.05, 4.69) is 0 Å². The van der Waals surface area contributed by atoms with E-state index in [9.17, 15) is 50.8 Å². The minimum absolute atomic E-state index is 0.00274. The summed E-state index contributed by atoms with van der Waals surface area (Å²) >= 11 is 0. The maximum absolute atomic E-state index is 13.6. The van der Waals surface area contributed by atoms with Gasteiger partial charge in [-0.05, 0) is 25.1 Å². The molecule has 9 atom stereocenters. The molecule has 0 radical (unpaired) electrons. The molecule has 3 aromatic rings. The average Bonchev–Trinajstić information content (AvgIpc) is 2.92. The van der Waals surface area contributed by atoms with E-state index in [1.165, 1.54) is 13.0 Å². The molecule has 9 N–H and O–H groups in total. The molecule has 0 aliphatic carbocycles. The van der Waals surface area contributed by atoms with E-state index in [1.54, 1.807) is 0 Å². The summed E-state index contributed by atoms with van der Waals surface area (Å²) in [6.07, 6.45) is -14.2. The van der Waals surface area contributed by atoms with Crippen molar-refractivity contribution >= 4 is 11.0 Å². The number of hydrogen-bond donors (Lipinski definition) is 9. The van der Waals surface area contributed by atoms with Crippen LogP contribution < -0.4 is 10.2 Å². The summed E-state index contributed by atoms with van der Waals surface area (Å²) in [5, 5.41) is 91.2. The van der Waals surface area contributed by atoms with Crippen LogP contribution >= 0.6 is 0 Å². The molecular weight excluding hydrogens is 552 g/mol. The molecule has 2 aromatic carbocycles. The van der Waals surface area contributed by atoms with Crippen LogP contribution in [0, 0.1) is 0 Å². The molecule has 15 nitrogen and oxygen atoms in total. The molecule has 4 unspecified atom stereocenters. The van der Waals surface area contributed by atoms with Gasteiger partial charge in [0.25, 0.3) is 0 Å². The van der Waals surface area contributed by atoms with E-state index in [0.29, 0.717) is 0 Å². The molecule has 41 heavy (non-hydrogen) atoms. The van der Waals surface area contributed by atoms with Gasteiger partial charge in [-0.1, -0.05) is 0 Å². The molecule has 0 amide bonds. The van der Waals surface area contributed by atoms with E-state index >= 15 is 0 Å². The summed E-state index contributed by atoms with van der Waals surface area (Å²) in [5.74, 6) is -3.14. The minimum Gasteiger partial charge on any atom is -0.508 e.